The van der Waals surface area contributed by atoms with Crippen LogP contribution >= 0.6 is 11.6 Å². The Balaban J connectivity index is 1.85. The topological polar surface area (TPSA) is 20.3 Å². The van der Waals surface area contributed by atoms with Crippen molar-refractivity contribution >= 4 is 17.5 Å². The second-order valence-electron chi connectivity index (χ2n) is 5.22. The summed E-state index contributed by atoms with van der Waals surface area (Å²) in [5, 5.41) is 0. The van der Waals surface area contributed by atoms with Gasteiger partial charge in [0.1, 0.15) is 0 Å². The van der Waals surface area contributed by atoms with Crippen LogP contribution in [0.2, 0.25) is 0 Å². The molecule has 5 heteroatoms. The molecular weight excluding hydrogens is 248 g/mol. The SMILES string of the molecule is O=C(C1CCC(F)(F)CC1)N1CCC(CCl)C1. The van der Waals surface area contributed by atoms with Crippen LogP contribution in [0.1, 0.15) is 32.1 Å². The maximum Gasteiger partial charge on any atom is 0.248 e. The molecule has 17 heavy (non-hydrogen) atoms. The number of halogens is 3. The number of carbonyl (C=O) groups excluding carboxylic acids is 1. The summed E-state index contributed by atoms with van der Waals surface area (Å²) >= 11 is 5.76. The summed E-state index contributed by atoms with van der Waals surface area (Å²) in [7, 11) is 0. The summed E-state index contributed by atoms with van der Waals surface area (Å²) in [6, 6.07) is 0. The lowest BCUT2D eigenvalue weighted by Gasteiger charge is -2.30. The largest absolute Gasteiger partial charge is 0.342 e. The minimum Gasteiger partial charge on any atom is -0.342 e. The lowest BCUT2D eigenvalue weighted by Crippen LogP contribution is -2.38. The second kappa shape index (κ2) is 5.09. The Kier molecular flexibility index (Phi) is 3.91. The predicted molar refractivity (Wildman–Crippen MR) is 62.3 cm³/mol. The van der Waals surface area contributed by atoms with Crippen LogP contribution in [0.4, 0.5) is 8.78 Å². The number of carbonyl (C=O) groups is 1. The first-order chi connectivity index (χ1) is 8.02. The molecule has 1 saturated heterocycles. The van der Waals surface area contributed by atoms with E-state index in [0.29, 0.717) is 31.2 Å². The third kappa shape index (κ3) is 3.09. The molecule has 2 fully saturated rings. The first-order valence-corrected chi connectivity index (χ1v) is 6.78. The van der Waals surface area contributed by atoms with Gasteiger partial charge in [0.25, 0.3) is 0 Å². The van der Waals surface area contributed by atoms with Gasteiger partial charge in [-0.15, -0.1) is 11.6 Å². The van der Waals surface area contributed by atoms with Gasteiger partial charge in [0.05, 0.1) is 0 Å². The molecule has 2 nitrogen and oxygen atoms in total. The number of amides is 1. The molecule has 0 spiro atoms. The summed E-state index contributed by atoms with van der Waals surface area (Å²) in [5.41, 5.74) is 0. The Bertz CT molecular complexity index is 288. The minimum atomic E-state index is -2.56. The van der Waals surface area contributed by atoms with Gasteiger partial charge in [-0.2, -0.15) is 0 Å². The molecule has 0 radical (unpaired) electrons. The summed E-state index contributed by atoms with van der Waals surface area (Å²) < 4.78 is 26.0. The van der Waals surface area contributed by atoms with Crippen LogP contribution in [0.25, 0.3) is 0 Å². The lowest BCUT2D eigenvalue weighted by atomic mass is 9.86. The third-order valence-corrected chi connectivity index (χ3v) is 4.32. The van der Waals surface area contributed by atoms with Gasteiger partial charge in [0.2, 0.25) is 11.8 Å². The van der Waals surface area contributed by atoms with Gasteiger partial charge in [0.15, 0.2) is 0 Å². The molecule has 0 bridgehead atoms. The molecule has 1 amide bonds. The van der Waals surface area contributed by atoms with Gasteiger partial charge >= 0.3 is 0 Å². The highest BCUT2D eigenvalue weighted by atomic mass is 35.5. The van der Waals surface area contributed by atoms with Crippen molar-refractivity contribution in [2.24, 2.45) is 11.8 Å². The molecule has 1 unspecified atom stereocenters. The highest BCUT2D eigenvalue weighted by Gasteiger charge is 2.39. The molecule has 0 aromatic carbocycles. The molecule has 0 aromatic rings. The van der Waals surface area contributed by atoms with E-state index < -0.39 is 5.92 Å². The molecule has 98 valence electrons. The van der Waals surface area contributed by atoms with E-state index in [1.807, 2.05) is 0 Å². The van der Waals surface area contributed by atoms with E-state index in [1.54, 1.807) is 4.90 Å². The summed E-state index contributed by atoms with van der Waals surface area (Å²) in [5.74, 6) is -1.73. The second-order valence-corrected chi connectivity index (χ2v) is 5.53. The molecule has 1 aliphatic heterocycles. The molecule has 2 rings (SSSR count). The maximum absolute atomic E-state index is 13.0. The molecule has 0 N–H and O–H groups in total. The number of likely N-dealkylation sites (tertiary alicyclic amines) is 1. The Morgan fingerprint density at radius 2 is 1.94 bits per heavy atom. The summed E-state index contributed by atoms with van der Waals surface area (Å²) in [4.78, 5) is 13.9. The highest BCUT2D eigenvalue weighted by molar-refractivity contribution is 6.18. The molecule has 1 heterocycles. The monoisotopic (exact) mass is 265 g/mol. The predicted octanol–water partition coefficient (Wildman–Crippen LogP) is 2.90. The molecule has 1 aliphatic carbocycles. The zero-order valence-corrected chi connectivity index (χ0v) is 10.6. The maximum atomic E-state index is 13.0. The standard InChI is InChI=1S/C12H18ClF2NO/c13-7-9-3-6-16(8-9)11(17)10-1-4-12(14,15)5-2-10/h9-10H,1-8H2. The van der Waals surface area contributed by atoms with Crippen molar-refractivity contribution in [3.63, 3.8) is 0 Å². The quantitative estimate of drug-likeness (QED) is 0.703. The van der Waals surface area contributed by atoms with E-state index >= 15 is 0 Å². The van der Waals surface area contributed by atoms with E-state index in [-0.39, 0.29) is 24.7 Å². The average molecular weight is 266 g/mol. The van der Waals surface area contributed by atoms with Gasteiger partial charge < -0.3 is 4.90 Å². The first kappa shape index (κ1) is 13.1. The fraction of sp³-hybridized carbons (Fsp3) is 0.917. The zero-order chi connectivity index (χ0) is 12.5. The zero-order valence-electron chi connectivity index (χ0n) is 9.80. The molecule has 0 aromatic heterocycles. The van der Waals surface area contributed by atoms with Crippen molar-refractivity contribution in [3.8, 4) is 0 Å². The van der Waals surface area contributed by atoms with Crippen molar-refractivity contribution in [2.75, 3.05) is 19.0 Å². The van der Waals surface area contributed by atoms with Crippen LogP contribution < -0.4 is 0 Å². The van der Waals surface area contributed by atoms with Gasteiger partial charge in [-0.25, -0.2) is 8.78 Å². The van der Waals surface area contributed by atoms with Gasteiger partial charge in [-0.1, -0.05) is 0 Å². The van der Waals surface area contributed by atoms with E-state index in [0.717, 1.165) is 13.0 Å². The van der Waals surface area contributed by atoms with Crippen LogP contribution in [0.3, 0.4) is 0 Å². The Morgan fingerprint density at radius 1 is 1.29 bits per heavy atom. The lowest BCUT2D eigenvalue weighted by molar-refractivity contribution is -0.138. The Hall–Kier alpha value is -0.380. The normalized spacial score (nSPS) is 29.6. The van der Waals surface area contributed by atoms with Crippen molar-refractivity contribution in [1.82, 2.24) is 4.90 Å². The van der Waals surface area contributed by atoms with E-state index in [2.05, 4.69) is 0 Å². The van der Waals surface area contributed by atoms with Crippen LogP contribution in [0, 0.1) is 11.8 Å². The molecular formula is C12H18ClF2NO. The fourth-order valence-corrected chi connectivity index (χ4v) is 2.96. The third-order valence-electron chi connectivity index (χ3n) is 3.88. The Morgan fingerprint density at radius 3 is 2.47 bits per heavy atom. The number of hydrogen-bond acceptors (Lipinski definition) is 1. The van der Waals surface area contributed by atoms with E-state index in [9.17, 15) is 13.6 Å². The van der Waals surface area contributed by atoms with Crippen LogP contribution in [0.5, 0.6) is 0 Å². The molecule has 1 saturated carbocycles. The minimum absolute atomic E-state index is 0.0631. The van der Waals surface area contributed by atoms with Crippen molar-refractivity contribution < 1.29 is 13.6 Å². The van der Waals surface area contributed by atoms with Crippen molar-refractivity contribution in [3.05, 3.63) is 0 Å². The highest BCUT2D eigenvalue weighted by Crippen LogP contribution is 2.37. The number of alkyl halides is 3. The van der Waals surface area contributed by atoms with E-state index in [1.165, 1.54) is 0 Å². The van der Waals surface area contributed by atoms with Crippen LogP contribution in [0.15, 0.2) is 0 Å². The molecule has 2 aliphatic rings. The van der Waals surface area contributed by atoms with Crippen LogP contribution in [-0.4, -0.2) is 35.7 Å². The number of hydrogen-bond donors (Lipinski definition) is 0. The van der Waals surface area contributed by atoms with Gasteiger partial charge in [-0.05, 0) is 25.2 Å². The Labute approximate surface area is 105 Å². The van der Waals surface area contributed by atoms with Crippen molar-refractivity contribution in [1.29, 1.82) is 0 Å². The van der Waals surface area contributed by atoms with Crippen molar-refractivity contribution in [2.45, 2.75) is 38.0 Å². The number of nitrogens with zero attached hydrogens (tertiary/aromatic N) is 1. The number of rotatable bonds is 2. The fourth-order valence-electron chi connectivity index (χ4n) is 2.70. The van der Waals surface area contributed by atoms with E-state index in [4.69, 9.17) is 11.6 Å². The first-order valence-electron chi connectivity index (χ1n) is 6.24. The van der Waals surface area contributed by atoms with Gasteiger partial charge in [0, 0.05) is 37.7 Å². The smallest absolute Gasteiger partial charge is 0.248 e. The molecule has 1 atom stereocenters. The van der Waals surface area contributed by atoms with Crippen LogP contribution in [-0.2, 0) is 4.79 Å². The summed E-state index contributed by atoms with van der Waals surface area (Å²) in [6.07, 6.45) is 1.31. The summed E-state index contributed by atoms with van der Waals surface area (Å²) in [6.45, 7) is 1.44. The van der Waals surface area contributed by atoms with Gasteiger partial charge in [-0.3, -0.25) is 4.79 Å². The average Bonchev–Trinajstić information content (AvgIpc) is 2.76.